The van der Waals surface area contributed by atoms with Crippen LogP contribution in [0.2, 0.25) is 0 Å². The fraction of sp³-hybridized carbons (Fsp3) is 0.400. The van der Waals surface area contributed by atoms with Crippen molar-refractivity contribution in [2.45, 2.75) is 18.9 Å². The molecule has 4 heteroatoms. The Bertz CT molecular complexity index is 512. The molecular formula is C15H16O4. The molecular weight excluding hydrogens is 244 g/mol. The van der Waals surface area contributed by atoms with Crippen molar-refractivity contribution in [3.05, 3.63) is 17.7 Å². The van der Waals surface area contributed by atoms with E-state index in [1.54, 1.807) is 12.1 Å². The van der Waals surface area contributed by atoms with Crippen LogP contribution in [0, 0.1) is 18.3 Å². The second-order valence-electron chi connectivity index (χ2n) is 4.41. The van der Waals surface area contributed by atoms with Gasteiger partial charge in [0.25, 0.3) is 0 Å². The quantitative estimate of drug-likeness (QED) is 0.581. The molecule has 0 heterocycles. The summed E-state index contributed by atoms with van der Waals surface area (Å²) in [5.74, 6) is 4.37. The van der Waals surface area contributed by atoms with Crippen LogP contribution in [-0.4, -0.2) is 26.6 Å². The van der Waals surface area contributed by atoms with Crippen LogP contribution < -0.4 is 14.2 Å². The van der Waals surface area contributed by atoms with Gasteiger partial charge in [-0.3, -0.25) is 4.79 Å². The normalized spacial score (nSPS) is 15.2. The number of aldehydes is 1. The Labute approximate surface area is 112 Å². The smallest absolute Gasteiger partial charge is 0.203 e. The van der Waals surface area contributed by atoms with Crippen LogP contribution in [-0.2, 0) is 0 Å². The number of terminal acetylenes is 1. The summed E-state index contributed by atoms with van der Waals surface area (Å²) in [6.07, 6.45) is 8.06. The monoisotopic (exact) mass is 260 g/mol. The van der Waals surface area contributed by atoms with Crippen molar-refractivity contribution < 1.29 is 19.0 Å². The van der Waals surface area contributed by atoms with Gasteiger partial charge in [0, 0.05) is 11.5 Å². The van der Waals surface area contributed by atoms with E-state index >= 15 is 0 Å². The molecule has 1 atom stereocenters. The zero-order valence-electron chi connectivity index (χ0n) is 11.0. The van der Waals surface area contributed by atoms with Crippen molar-refractivity contribution in [2.75, 3.05) is 14.2 Å². The van der Waals surface area contributed by atoms with Gasteiger partial charge in [0.1, 0.15) is 6.29 Å². The lowest BCUT2D eigenvalue weighted by atomic mass is 10.2. The first kappa shape index (κ1) is 13.3. The Hall–Kier alpha value is -2.15. The zero-order chi connectivity index (χ0) is 13.8. The molecule has 0 saturated heterocycles. The summed E-state index contributed by atoms with van der Waals surface area (Å²) in [5.41, 5.74) is 0.458. The Morgan fingerprint density at radius 1 is 1.32 bits per heavy atom. The van der Waals surface area contributed by atoms with Gasteiger partial charge in [0.05, 0.1) is 14.2 Å². The predicted molar refractivity (Wildman–Crippen MR) is 70.9 cm³/mol. The molecule has 2 rings (SSSR count). The van der Waals surface area contributed by atoms with Crippen molar-refractivity contribution in [1.82, 2.24) is 0 Å². The van der Waals surface area contributed by atoms with Crippen LogP contribution in [0.15, 0.2) is 12.1 Å². The third kappa shape index (κ3) is 2.82. The van der Waals surface area contributed by atoms with E-state index in [0.29, 0.717) is 28.7 Å². The third-order valence-corrected chi connectivity index (χ3v) is 3.07. The molecule has 1 saturated carbocycles. The standard InChI is InChI=1S/C15H16O4/c1-4-12(11-5-6-11)19-14-8-10(9-16)7-13(17-2)15(14)18-3/h1,7-9,11-12H,5-6H2,2-3H3. The minimum absolute atomic E-state index is 0.291. The number of hydrogen-bond donors (Lipinski definition) is 0. The molecule has 1 aliphatic rings. The summed E-state index contributed by atoms with van der Waals surface area (Å²) < 4.78 is 16.3. The second kappa shape index (κ2) is 5.66. The van der Waals surface area contributed by atoms with E-state index in [-0.39, 0.29) is 6.10 Å². The maximum Gasteiger partial charge on any atom is 0.203 e. The molecule has 0 spiro atoms. The molecule has 19 heavy (non-hydrogen) atoms. The summed E-state index contributed by atoms with van der Waals surface area (Å²) in [7, 11) is 3.03. The minimum atomic E-state index is -0.291. The number of benzene rings is 1. The number of methoxy groups -OCH3 is 2. The highest BCUT2D eigenvalue weighted by atomic mass is 16.5. The number of ether oxygens (including phenoxy) is 3. The minimum Gasteiger partial charge on any atom is -0.493 e. The summed E-state index contributed by atoms with van der Waals surface area (Å²) >= 11 is 0. The topological polar surface area (TPSA) is 44.8 Å². The van der Waals surface area contributed by atoms with Gasteiger partial charge in [-0.1, -0.05) is 5.92 Å². The van der Waals surface area contributed by atoms with E-state index in [4.69, 9.17) is 20.6 Å². The van der Waals surface area contributed by atoms with E-state index in [0.717, 1.165) is 19.1 Å². The first-order valence-electron chi connectivity index (χ1n) is 6.07. The van der Waals surface area contributed by atoms with Gasteiger partial charge in [-0.2, -0.15) is 0 Å². The molecule has 0 bridgehead atoms. The molecule has 1 aromatic carbocycles. The van der Waals surface area contributed by atoms with Gasteiger partial charge in [0.2, 0.25) is 5.75 Å². The summed E-state index contributed by atoms with van der Waals surface area (Å²) in [4.78, 5) is 10.9. The fourth-order valence-corrected chi connectivity index (χ4v) is 1.91. The molecule has 0 aliphatic heterocycles. The second-order valence-corrected chi connectivity index (χ2v) is 4.41. The van der Waals surface area contributed by atoms with Crippen LogP contribution in [0.1, 0.15) is 23.2 Å². The average Bonchev–Trinajstić information content (AvgIpc) is 3.27. The van der Waals surface area contributed by atoms with E-state index in [9.17, 15) is 4.79 Å². The largest absolute Gasteiger partial charge is 0.493 e. The predicted octanol–water partition coefficient (Wildman–Crippen LogP) is 2.31. The summed E-state index contributed by atoms with van der Waals surface area (Å²) in [6, 6.07) is 3.21. The molecule has 1 aromatic rings. The van der Waals surface area contributed by atoms with Crippen molar-refractivity contribution in [2.24, 2.45) is 5.92 Å². The highest BCUT2D eigenvalue weighted by Gasteiger charge is 2.32. The lowest BCUT2D eigenvalue weighted by molar-refractivity contribution is 0.112. The maximum absolute atomic E-state index is 10.9. The Morgan fingerprint density at radius 2 is 2.00 bits per heavy atom. The Balaban J connectivity index is 2.36. The third-order valence-electron chi connectivity index (χ3n) is 3.07. The average molecular weight is 260 g/mol. The molecule has 4 nitrogen and oxygen atoms in total. The van der Waals surface area contributed by atoms with Gasteiger partial charge in [-0.05, 0) is 25.0 Å². The Kier molecular flexibility index (Phi) is 3.96. The molecule has 1 fully saturated rings. The highest BCUT2D eigenvalue weighted by molar-refractivity contribution is 5.78. The van der Waals surface area contributed by atoms with Crippen LogP contribution in [0.5, 0.6) is 17.2 Å². The van der Waals surface area contributed by atoms with Crippen molar-refractivity contribution in [3.63, 3.8) is 0 Å². The van der Waals surface area contributed by atoms with Gasteiger partial charge >= 0.3 is 0 Å². The fourth-order valence-electron chi connectivity index (χ4n) is 1.91. The SMILES string of the molecule is C#CC(Oc1cc(C=O)cc(OC)c1OC)C1CC1. The van der Waals surface area contributed by atoms with Crippen molar-refractivity contribution >= 4 is 6.29 Å². The first-order valence-corrected chi connectivity index (χ1v) is 6.07. The van der Waals surface area contributed by atoms with E-state index in [1.807, 2.05) is 0 Å². The van der Waals surface area contributed by atoms with Crippen LogP contribution in [0.4, 0.5) is 0 Å². The van der Waals surface area contributed by atoms with Gasteiger partial charge in [-0.15, -0.1) is 6.42 Å². The van der Waals surface area contributed by atoms with Crippen molar-refractivity contribution in [3.8, 4) is 29.6 Å². The van der Waals surface area contributed by atoms with Crippen LogP contribution >= 0.6 is 0 Å². The number of hydrogen-bond acceptors (Lipinski definition) is 4. The van der Waals surface area contributed by atoms with E-state index < -0.39 is 0 Å². The maximum atomic E-state index is 10.9. The van der Waals surface area contributed by atoms with Gasteiger partial charge < -0.3 is 14.2 Å². The van der Waals surface area contributed by atoms with Gasteiger partial charge in [0.15, 0.2) is 17.6 Å². The lowest BCUT2D eigenvalue weighted by Crippen LogP contribution is -2.17. The molecule has 0 N–H and O–H groups in total. The number of carbonyl (C=O) groups is 1. The molecule has 100 valence electrons. The summed E-state index contributed by atoms with van der Waals surface area (Å²) in [6.45, 7) is 0. The summed E-state index contributed by atoms with van der Waals surface area (Å²) in [5, 5.41) is 0. The van der Waals surface area contributed by atoms with Crippen LogP contribution in [0.25, 0.3) is 0 Å². The van der Waals surface area contributed by atoms with E-state index in [1.165, 1.54) is 14.2 Å². The molecule has 1 unspecified atom stereocenters. The first-order chi connectivity index (χ1) is 9.23. The zero-order valence-corrected chi connectivity index (χ0v) is 11.0. The Morgan fingerprint density at radius 3 is 2.47 bits per heavy atom. The molecule has 0 amide bonds. The lowest BCUT2D eigenvalue weighted by Gasteiger charge is -2.18. The molecule has 1 aliphatic carbocycles. The molecule has 0 aromatic heterocycles. The van der Waals surface area contributed by atoms with E-state index in [2.05, 4.69) is 5.92 Å². The molecule has 0 radical (unpaired) electrons. The van der Waals surface area contributed by atoms with Crippen LogP contribution in [0.3, 0.4) is 0 Å². The number of rotatable bonds is 6. The van der Waals surface area contributed by atoms with Gasteiger partial charge in [-0.25, -0.2) is 0 Å². The number of carbonyl (C=O) groups excluding carboxylic acids is 1. The van der Waals surface area contributed by atoms with Crippen molar-refractivity contribution in [1.29, 1.82) is 0 Å². The highest BCUT2D eigenvalue weighted by Crippen LogP contribution is 2.41.